The highest BCUT2D eigenvalue weighted by Crippen LogP contribution is 2.13. The Morgan fingerprint density at radius 3 is 2.81 bits per heavy atom. The highest BCUT2D eigenvalue weighted by molar-refractivity contribution is 7.99. The van der Waals surface area contributed by atoms with Gasteiger partial charge in [0.05, 0.1) is 11.4 Å². The van der Waals surface area contributed by atoms with E-state index in [0.29, 0.717) is 5.16 Å². The SMILES string of the molecule is NC(=O)CSc1ncn(-c2ccccc2)n1. The van der Waals surface area contributed by atoms with Crippen molar-refractivity contribution in [1.82, 2.24) is 14.8 Å². The minimum absolute atomic E-state index is 0.193. The number of carbonyl (C=O) groups excluding carboxylic acids is 1. The Morgan fingerprint density at radius 2 is 2.12 bits per heavy atom. The van der Waals surface area contributed by atoms with E-state index in [4.69, 9.17) is 5.73 Å². The minimum Gasteiger partial charge on any atom is -0.369 e. The van der Waals surface area contributed by atoms with Crippen LogP contribution >= 0.6 is 11.8 Å². The molecule has 0 fully saturated rings. The van der Waals surface area contributed by atoms with Crippen molar-refractivity contribution in [3.05, 3.63) is 36.7 Å². The van der Waals surface area contributed by atoms with Crippen molar-refractivity contribution >= 4 is 17.7 Å². The summed E-state index contributed by atoms with van der Waals surface area (Å²) in [5.41, 5.74) is 5.97. The first-order chi connectivity index (χ1) is 7.75. The highest BCUT2D eigenvalue weighted by atomic mass is 32.2. The molecule has 1 amide bonds. The van der Waals surface area contributed by atoms with Gasteiger partial charge in [-0.25, -0.2) is 9.67 Å². The summed E-state index contributed by atoms with van der Waals surface area (Å²) in [7, 11) is 0. The van der Waals surface area contributed by atoms with Crippen LogP contribution < -0.4 is 5.73 Å². The molecule has 0 aliphatic heterocycles. The second-order valence-corrected chi connectivity index (χ2v) is 4.00. The Labute approximate surface area is 96.7 Å². The average Bonchev–Trinajstić information content (AvgIpc) is 2.76. The zero-order valence-corrected chi connectivity index (χ0v) is 9.22. The second kappa shape index (κ2) is 4.80. The number of amides is 1. The second-order valence-electron chi connectivity index (χ2n) is 3.06. The van der Waals surface area contributed by atoms with E-state index >= 15 is 0 Å². The van der Waals surface area contributed by atoms with E-state index < -0.39 is 0 Å². The van der Waals surface area contributed by atoms with Gasteiger partial charge in [-0.05, 0) is 12.1 Å². The quantitative estimate of drug-likeness (QED) is 0.796. The van der Waals surface area contributed by atoms with Crippen molar-refractivity contribution in [1.29, 1.82) is 0 Å². The fraction of sp³-hybridized carbons (Fsp3) is 0.100. The van der Waals surface area contributed by atoms with Gasteiger partial charge in [0.25, 0.3) is 0 Å². The zero-order chi connectivity index (χ0) is 11.4. The number of rotatable bonds is 4. The van der Waals surface area contributed by atoms with Crippen LogP contribution in [0, 0.1) is 0 Å². The van der Waals surface area contributed by atoms with E-state index in [1.807, 2.05) is 30.3 Å². The van der Waals surface area contributed by atoms with Crippen molar-refractivity contribution in [2.24, 2.45) is 5.73 Å². The molecule has 1 heterocycles. The van der Waals surface area contributed by atoms with E-state index in [1.165, 1.54) is 11.8 Å². The third-order valence-electron chi connectivity index (χ3n) is 1.84. The smallest absolute Gasteiger partial charge is 0.227 e. The lowest BCUT2D eigenvalue weighted by Crippen LogP contribution is -2.13. The van der Waals surface area contributed by atoms with Gasteiger partial charge >= 0.3 is 0 Å². The largest absolute Gasteiger partial charge is 0.369 e. The summed E-state index contributed by atoms with van der Waals surface area (Å²) in [6.45, 7) is 0. The Bertz CT molecular complexity index is 483. The molecule has 82 valence electrons. The molecule has 2 aromatic rings. The van der Waals surface area contributed by atoms with Crippen molar-refractivity contribution < 1.29 is 4.79 Å². The Kier molecular flexibility index (Phi) is 3.21. The number of thioether (sulfide) groups is 1. The molecule has 0 bridgehead atoms. The first kappa shape index (κ1) is 10.7. The number of para-hydroxylation sites is 1. The molecule has 6 heteroatoms. The van der Waals surface area contributed by atoms with Crippen molar-refractivity contribution in [3.8, 4) is 5.69 Å². The molecule has 5 nitrogen and oxygen atoms in total. The molecule has 0 spiro atoms. The Hall–Kier alpha value is -1.82. The van der Waals surface area contributed by atoms with Gasteiger partial charge in [-0.2, -0.15) is 0 Å². The molecular formula is C10H10N4OS. The maximum absolute atomic E-state index is 10.6. The van der Waals surface area contributed by atoms with Gasteiger partial charge in [0, 0.05) is 0 Å². The van der Waals surface area contributed by atoms with Crippen LogP contribution in [-0.2, 0) is 4.79 Å². The number of carbonyl (C=O) groups is 1. The van der Waals surface area contributed by atoms with Crippen LogP contribution in [-0.4, -0.2) is 26.4 Å². The molecule has 16 heavy (non-hydrogen) atoms. The van der Waals surface area contributed by atoms with E-state index in [1.54, 1.807) is 11.0 Å². The van der Waals surface area contributed by atoms with Crippen LogP contribution in [0.1, 0.15) is 0 Å². The number of hydrogen-bond donors (Lipinski definition) is 1. The lowest BCUT2D eigenvalue weighted by atomic mass is 10.3. The molecule has 0 saturated heterocycles. The van der Waals surface area contributed by atoms with Gasteiger partial charge in [-0.15, -0.1) is 5.10 Å². The number of benzene rings is 1. The summed E-state index contributed by atoms with van der Waals surface area (Å²) in [6, 6.07) is 9.64. The first-order valence-electron chi connectivity index (χ1n) is 4.64. The standard InChI is InChI=1S/C10H10N4OS/c11-9(15)6-16-10-12-7-14(13-10)8-4-2-1-3-5-8/h1-5,7H,6H2,(H2,11,15). The Morgan fingerprint density at radius 1 is 1.38 bits per heavy atom. The topological polar surface area (TPSA) is 73.8 Å². The summed E-state index contributed by atoms with van der Waals surface area (Å²) in [6.07, 6.45) is 1.61. The predicted molar refractivity (Wildman–Crippen MR) is 61.3 cm³/mol. The fourth-order valence-electron chi connectivity index (χ4n) is 1.15. The maximum Gasteiger partial charge on any atom is 0.227 e. The Balaban J connectivity index is 2.11. The van der Waals surface area contributed by atoms with Crippen molar-refractivity contribution in [2.45, 2.75) is 5.16 Å². The fourth-order valence-corrected chi connectivity index (χ4v) is 1.69. The molecule has 0 saturated carbocycles. The molecule has 0 aliphatic rings. The van der Waals surface area contributed by atoms with E-state index in [0.717, 1.165) is 5.69 Å². The normalized spacial score (nSPS) is 10.2. The molecule has 0 radical (unpaired) electrons. The number of nitrogens with two attached hydrogens (primary N) is 1. The number of primary amides is 1. The van der Waals surface area contributed by atoms with Gasteiger partial charge in [-0.1, -0.05) is 30.0 Å². The van der Waals surface area contributed by atoms with Crippen LogP contribution in [0.25, 0.3) is 5.69 Å². The molecule has 1 aromatic carbocycles. The molecule has 0 atom stereocenters. The lowest BCUT2D eigenvalue weighted by molar-refractivity contribution is -0.115. The summed E-state index contributed by atoms with van der Waals surface area (Å²) in [5.74, 6) is -0.181. The van der Waals surface area contributed by atoms with Crippen LogP contribution in [0.3, 0.4) is 0 Å². The molecular weight excluding hydrogens is 224 g/mol. The summed E-state index contributed by atoms with van der Waals surface area (Å²) >= 11 is 1.23. The maximum atomic E-state index is 10.6. The molecule has 2 rings (SSSR count). The van der Waals surface area contributed by atoms with Crippen LogP contribution in [0.4, 0.5) is 0 Å². The third-order valence-corrected chi connectivity index (χ3v) is 2.71. The predicted octanol–water partition coefficient (Wildman–Crippen LogP) is 0.845. The minimum atomic E-state index is -0.374. The van der Waals surface area contributed by atoms with Crippen molar-refractivity contribution in [2.75, 3.05) is 5.75 Å². The molecule has 0 unspecified atom stereocenters. The number of hydrogen-bond acceptors (Lipinski definition) is 4. The van der Waals surface area contributed by atoms with Crippen LogP contribution in [0.15, 0.2) is 41.8 Å². The summed E-state index contributed by atoms with van der Waals surface area (Å²) in [5, 5.41) is 4.76. The van der Waals surface area contributed by atoms with Gasteiger partial charge in [0.2, 0.25) is 11.1 Å². The lowest BCUT2D eigenvalue weighted by Gasteiger charge is -1.97. The first-order valence-corrected chi connectivity index (χ1v) is 5.62. The van der Waals surface area contributed by atoms with E-state index in [2.05, 4.69) is 10.1 Å². The van der Waals surface area contributed by atoms with E-state index in [9.17, 15) is 4.79 Å². The monoisotopic (exact) mass is 234 g/mol. The number of nitrogens with zero attached hydrogens (tertiary/aromatic N) is 3. The number of aromatic nitrogens is 3. The molecule has 1 aromatic heterocycles. The van der Waals surface area contributed by atoms with Gasteiger partial charge < -0.3 is 5.73 Å². The summed E-state index contributed by atoms with van der Waals surface area (Å²) < 4.78 is 1.66. The van der Waals surface area contributed by atoms with E-state index in [-0.39, 0.29) is 11.7 Å². The molecule has 2 N–H and O–H groups in total. The zero-order valence-electron chi connectivity index (χ0n) is 8.41. The summed E-state index contributed by atoms with van der Waals surface area (Å²) in [4.78, 5) is 14.7. The van der Waals surface area contributed by atoms with Crippen LogP contribution in [0.5, 0.6) is 0 Å². The highest BCUT2D eigenvalue weighted by Gasteiger charge is 2.04. The van der Waals surface area contributed by atoms with Crippen molar-refractivity contribution in [3.63, 3.8) is 0 Å². The average molecular weight is 234 g/mol. The molecule has 0 aliphatic carbocycles. The van der Waals surface area contributed by atoms with Crippen LogP contribution in [0.2, 0.25) is 0 Å². The van der Waals surface area contributed by atoms with Gasteiger partial charge in [0.15, 0.2) is 0 Å². The third kappa shape index (κ3) is 2.60. The van der Waals surface area contributed by atoms with Gasteiger partial charge in [-0.3, -0.25) is 4.79 Å². The van der Waals surface area contributed by atoms with Gasteiger partial charge in [0.1, 0.15) is 6.33 Å².